The van der Waals surface area contributed by atoms with Gasteiger partial charge in [0.05, 0.1) is 11.1 Å². The lowest BCUT2D eigenvalue weighted by molar-refractivity contribution is -0.134. The number of hydrogen-bond donors (Lipinski definition) is 2. The van der Waals surface area contributed by atoms with Crippen LogP contribution in [-0.4, -0.2) is 21.8 Å². The molecule has 0 radical (unpaired) electrons. The maximum atomic E-state index is 14.4. The molecule has 2 N–H and O–H groups in total. The molecule has 2 atom stereocenters. The lowest BCUT2D eigenvalue weighted by Gasteiger charge is -2.36. The number of halogens is 2. The SMILES string of the molecule is CCC(C)(CC(C)(O)C(=O)Nc1ccc2c(=O)onc(C)c2c1)c1cccc(F)c1F. The summed E-state index contributed by atoms with van der Waals surface area (Å²) in [5, 5.41) is 18.1. The molecule has 31 heavy (non-hydrogen) atoms. The van der Waals surface area contributed by atoms with E-state index in [0.717, 1.165) is 6.07 Å². The molecule has 0 fully saturated rings. The summed E-state index contributed by atoms with van der Waals surface area (Å²) in [6.07, 6.45) is 0.230. The second-order valence-electron chi connectivity index (χ2n) is 8.24. The van der Waals surface area contributed by atoms with E-state index in [9.17, 15) is 23.5 Å². The first-order valence-electron chi connectivity index (χ1n) is 9.87. The smallest absolute Gasteiger partial charge is 0.366 e. The van der Waals surface area contributed by atoms with Gasteiger partial charge in [0, 0.05) is 11.1 Å². The highest BCUT2D eigenvalue weighted by Gasteiger charge is 2.41. The fourth-order valence-corrected chi connectivity index (χ4v) is 3.79. The second kappa shape index (κ2) is 8.19. The van der Waals surface area contributed by atoms with Gasteiger partial charge in [0.1, 0.15) is 5.60 Å². The Kier molecular flexibility index (Phi) is 5.96. The van der Waals surface area contributed by atoms with E-state index in [1.165, 1.54) is 31.2 Å². The number of benzene rings is 2. The fraction of sp³-hybridized carbons (Fsp3) is 0.348. The van der Waals surface area contributed by atoms with Gasteiger partial charge in [0.15, 0.2) is 11.6 Å². The van der Waals surface area contributed by atoms with Gasteiger partial charge in [0.25, 0.3) is 5.91 Å². The van der Waals surface area contributed by atoms with Crippen LogP contribution in [0.5, 0.6) is 0 Å². The predicted molar refractivity (Wildman–Crippen MR) is 113 cm³/mol. The third-order valence-electron chi connectivity index (χ3n) is 5.76. The van der Waals surface area contributed by atoms with E-state index in [-0.39, 0.29) is 12.0 Å². The van der Waals surface area contributed by atoms with Gasteiger partial charge in [-0.2, -0.15) is 0 Å². The molecule has 1 amide bonds. The minimum Gasteiger partial charge on any atom is -0.380 e. The van der Waals surface area contributed by atoms with Crippen LogP contribution in [0.4, 0.5) is 14.5 Å². The third kappa shape index (κ3) is 4.34. The van der Waals surface area contributed by atoms with Crippen molar-refractivity contribution in [3.63, 3.8) is 0 Å². The minimum absolute atomic E-state index is 0.0993. The standard InChI is InChI=1S/C23H24F2N2O4/c1-5-22(3,17-7-6-8-18(24)19(17)25)12-23(4,30)21(29)26-14-9-10-15-16(11-14)13(2)27-31-20(15)28/h6-11,30H,5,12H2,1-4H3,(H,26,29). The zero-order chi connectivity index (χ0) is 23.0. The first kappa shape index (κ1) is 22.6. The highest BCUT2D eigenvalue weighted by atomic mass is 19.2. The fourth-order valence-electron chi connectivity index (χ4n) is 3.79. The molecule has 3 rings (SSSR count). The van der Waals surface area contributed by atoms with E-state index in [0.29, 0.717) is 28.6 Å². The Morgan fingerprint density at radius 3 is 2.58 bits per heavy atom. The molecular weight excluding hydrogens is 406 g/mol. The molecule has 6 nitrogen and oxygen atoms in total. The maximum Gasteiger partial charge on any atom is 0.366 e. The molecule has 1 aromatic heterocycles. The van der Waals surface area contributed by atoms with E-state index in [1.54, 1.807) is 26.8 Å². The van der Waals surface area contributed by atoms with E-state index in [1.807, 2.05) is 0 Å². The molecule has 164 valence electrons. The average Bonchev–Trinajstić information content (AvgIpc) is 2.72. The molecule has 0 saturated carbocycles. The number of carbonyl (C=O) groups is 1. The molecule has 0 aliphatic rings. The lowest BCUT2D eigenvalue weighted by Crippen LogP contribution is -2.45. The number of rotatable bonds is 6. The summed E-state index contributed by atoms with van der Waals surface area (Å²) < 4.78 is 32.9. The Balaban J connectivity index is 1.88. The van der Waals surface area contributed by atoms with Crippen LogP contribution in [0.3, 0.4) is 0 Å². The third-order valence-corrected chi connectivity index (χ3v) is 5.76. The minimum atomic E-state index is -1.89. The molecule has 2 unspecified atom stereocenters. The van der Waals surface area contributed by atoms with Gasteiger partial charge in [-0.15, -0.1) is 0 Å². The Morgan fingerprint density at radius 2 is 1.90 bits per heavy atom. The molecule has 1 heterocycles. The Labute approximate surface area is 177 Å². The number of aromatic nitrogens is 1. The van der Waals surface area contributed by atoms with Crippen LogP contribution in [0.15, 0.2) is 45.7 Å². The van der Waals surface area contributed by atoms with Crippen LogP contribution < -0.4 is 10.9 Å². The largest absolute Gasteiger partial charge is 0.380 e. The summed E-state index contributed by atoms with van der Waals surface area (Å²) in [4.78, 5) is 24.7. The van der Waals surface area contributed by atoms with Gasteiger partial charge in [-0.25, -0.2) is 13.6 Å². The molecule has 0 bridgehead atoms. The van der Waals surface area contributed by atoms with E-state index in [2.05, 4.69) is 15.0 Å². The molecule has 0 saturated heterocycles. The van der Waals surface area contributed by atoms with Crippen LogP contribution in [0, 0.1) is 18.6 Å². The predicted octanol–water partition coefficient (Wildman–Crippen LogP) is 4.22. The van der Waals surface area contributed by atoms with Crippen LogP contribution >= 0.6 is 0 Å². The Morgan fingerprint density at radius 1 is 1.19 bits per heavy atom. The van der Waals surface area contributed by atoms with Crippen LogP contribution in [0.25, 0.3) is 10.8 Å². The van der Waals surface area contributed by atoms with Crippen molar-refractivity contribution in [2.45, 2.75) is 51.6 Å². The van der Waals surface area contributed by atoms with Gasteiger partial charge < -0.3 is 14.9 Å². The van der Waals surface area contributed by atoms with E-state index < -0.39 is 34.2 Å². The van der Waals surface area contributed by atoms with Gasteiger partial charge in [-0.05, 0) is 61.9 Å². The van der Waals surface area contributed by atoms with Crippen LogP contribution in [-0.2, 0) is 10.2 Å². The monoisotopic (exact) mass is 430 g/mol. The first-order chi connectivity index (χ1) is 14.5. The molecule has 8 heteroatoms. The van der Waals surface area contributed by atoms with Crippen molar-refractivity contribution in [3.8, 4) is 0 Å². The van der Waals surface area contributed by atoms with Gasteiger partial charge in [0.2, 0.25) is 0 Å². The van der Waals surface area contributed by atoms with Crippen molar-refractivity contribution in [1.82, 2.24) is 5.16 Å². The van der Waals surface area contributed by atoms with Gasteiger partial charge >= 0.3 is 5.63 Å². The number of hydrogen-bond acceptors (Lipinski definition) is 5. The topological polar surface area (TPSA) is 92.4 Å². The molecule has 0 aliphatic heterocycles. The van der Waals surface area contributed by atoms with E-state index in [4.69, 9.17) is 0 Å². The molecule has 3 aromatic rings. The highest BCUT2D eigenvalue weighted by Crippen LogP contribution is 2.38. The second-order valence-corrected chi connectivity index (χ2v) is 8.24. The molecule has 0 spiro atoms. The molecule has 0 aliphatic carbocycles. The van der Waals surface area contributed by atoms with Crippen molar-refractivity contribution >= 4 is 22.4 Å². The van der Waals surface area contributed by atoms with Crippen LogP contribution in [0.2, 0.25) is 0 Å². The zero-order valence-electron chi connectivity index (χ0n) is 17.8. The number of fused-ring (bicyclic) bond motifs is 1. The maximum absolute atomic E-state index is 14.4. The summed E-state index contributed by atoms with van der Waals surface area (Å²) in [5.74, 6) is -2.68. The number of nitrogens with zero attached hydrogens (tertiary/aromatic N) is 1. The quantitative estimate of drug-likeness (QED) is 0.611. The normalized spacial score (nSPS) is 15.3. The molecule has 2 aromatic carbocycles. The van der Waals surface area contributed by atoms with Crippen LogP contribution in [0.1, 0.15) is 44.9 Å². The summed E-state index contributed by atoms with van der Waals surface area (Å²) in [5.41, 5.74) is -2.55. The number of nitrogens with one attached hydrogen (secondary N) is 1. The zero-order valence-corrected chi connectivity index (χ0v) is 17.8. The first-order valence-corrected chi connectivity index (χ1v) is 9.87. The summed E-state index contributed by atoms with van der Waals surface area (Å²) in [6.45, 7) is 6.45. The van der Waals surface area contributed by atoms with E-state index >= 15 is 0 Å². The average molecular weight is 430 g/mol. The van der Waals surface area contributed by atoms with Gasteiger partial charge in [-0.3, -0.25) is 4.79 Å². The highest BCUT2D eigenvalue weighted by molar-refractivity contribution is 5.99. The lowest BCUT2D eigenvalue weighted by atomic mass is 9.72. The summed E-state index contributed by atoms with van der Waals surface area (Å²) in [7, 11) is 0. The van der Waals surface area contributed by atoms with Crippen molar-refractivity contribution < 1.29 is 23.2 Å². The summed E-state index contributed by atoms with van der Waals surface area (Å²) in [6, 6.07) is 8.46. The Bertz CT molecular complexity index is 1210. The van der Waals surface area contributed by atoms with Crippen molar-refractivity contribution in [2.24, 2.45) is 0 Å². The summed E-state index contributed by atoms with van der Waals surface area (Å²) >= 11 is 0. The van der Waals surface area contributed by atoms with Gasteiger partial charge in [-0.1, -0.05) is 31.1 Å². The van der Waals surface area contributed by atoms with Crippen molar-refractivity contribution in [2.75, 3.05) is 5.32 Å². The number of anilines is 1. The number of aryl methyl sites for hydroxylation is 1. The number of carbonyl (C=O) groups excluding carboxylic acids is 1. The Hall–Kier alpha value is -3.13. The van der Waals surface area contributed by atoms with Crippen molar-refractivity contribution in [3.05, 3.63) is 69.7 Å². The number of amides is 1. The van der Waals surface area contributed by atoms with Crippen molar-refractivity contribution in [1.29, 1.82) is 0 Å². The molecular formula is C23H24F2N2O4. The number of aliphatic hydroxyl groups is 1.